The predicted molar refractivity (Wildman–Crippen MR) is 52.1 cm³/mol. The van der Waals surface area contributed by atoms with E-state index in [1.165, 1.54) is 3.78 Å². The third-order valence-electron chi connectivity index (χ3n) is 1.33. The van der Waals surface area contributed by atoms with Crippen LogP contribution in [0.15, 0.2) is 17.5 Å². The van der Waals surface area contributed by atoms with Crippen molar-refractivity contribution >= 4 is 30.1 Å². The first-order valence-corrected chi connectivity index (χ1v) is 6.58. The quantitative estimate of drug-likeness (QED) is 0.575. The van der Waals surface area contributed by atoms with Crippen LogP contribution in [-0.2, 0) is 9.47 Å². The van der Waals surface area contributed by atoms with Gasteiger partial charge in [-0.1, -0.05) is 0 Å². The van der Waals surface area contributed by atoms with E-state index in [0.29, 0.717) is 15.0 Å². The van der Waals surface area contributed by atoms with Crippen LogP contribution in [0.1, 0.15) is 6.92 Å². The summed E-state index contributed by atoms with van der Waals surface area (Å²) >= 11 is 2.23. The second kappa shape index (κ2) is 5.73. The van der Waals surface area contributed by atoms with Gasteiger partial charge in [0.05, 0.1) is 0 Å². The number of hydrogen-bond acceptors (Lipinski definition) is 3. The topological polar surface area (TPSA) is 18.5 Å². The molecule has 0 aliphatic carbocycles. The van der Waals surface area contributed by atoms with Gasteiger partial charge >= 0.3 is 82.9 Å². The average Bonchev–Trinajstić information content (AvgIpc) is 2.57. The van der Waals surface area contributed by atoms with Crippen molar-refractivity contribution in [2.24, 2.45) is 0 Å². The standard InChI is InChI=1S/C8H12O2SSe/c1-7(9-2)10-6-12-8-4-3-5-11-8/h3-5,7H,6H2,1-2H3. The Morgan fingerprint density at radius 1 is 1.67 bits per heavy atom. The van der Waals surface area contributed by atoms with E-state index in [4.69, 9.17) is 9.47 Å². The molecule has 1 unspecified atom stereocenters. The fraction of sp³-hybridized carbons (Fsp3) is 0.500. The van der Waals surface area contributed by atoms with Crippen LogP contribution in [0.25, 0.3) is 0 Å². The second-order valence-electron chi connectivity index (χ2n) is 2.16. The van der Waals surface area contributed by atoms with E-state index < -0.39 is 0 Å². The molecule has 0 aliphatic rings. The predicted octanol–water partition coefficient (Wildman–Crippen LogP) is 1.04. The van der Waals surface area contributed by atoms with E-state index in [-0.39, 0.29) is 6.29 Å². The second-order valence-corrected chi connectivity index (χ2v) is 5.72. The average molecular weight is 251 g/mol. The zero-order chi connectivity index (χ0) is 8.81. The fourth-order valence-electron chi connectivity index (χ4n) is 0.602. The Morgan fingerprint density at radius 3 is 3.08 bits per heavy atom. The maximum atomic E-state index is 5.38. The molecule has 1 atom stereocenters. The van der Waals surface area contributed by atoms with Gasteiger partial charge in [0.25, 0.3) is 0 Å². The summed E-state index contributed by atoms with van der Waals surface area (Å²) in [5.74, 6) is 0. The van der Waals surface area contributed by atoms with Crippen molar-refractivity contribution in [3.05, 3.63) is 17.5 Å². The van der Waals surface area contributed by atoms with Crippen LogP contribution in [-0.4, -0.2) is 33.9 Å². The molecular weight excluding hydrogens is 239 g/mol. The fourth-order valence-corrected chi connectivity index (χ4v) is 3.30. The first kappa shape index (κ1) is 10.2. The third kappa shape index (κ3) is 3.70. The molecule has 0 fully saturated rings. The van der Waals surface area contributed by atoms with Crippen molar-refractivity contribution in [2.75, 3.05) is 12.6 Å². The summed E-state index contributed by atoms with van der Waals surface area (Å²) in [7, 11) is 1.66. The summed E-state index contributed by atoms with van der Waals surface area (Å²) in [5.41, 5.74) is 0.794. The Balaban J connectivity index is 2.11. The van der Waals surface area contributed by atoms with Gasteiger partial charge in [-0.3, -0.25) is 0 Å². The molecule has 1 heterocycles. The Morgan fingerprint density at radius 2 is 2.50 bits per heavy atom. The number of ether oxygens (including phenoxy) is 2. The van der Waals surface area contributed by atoms with Crippen LogP contribution in [0, 0.1) is 0 Å². The minimum atomic E-state index is -0.0770. The number of thiophene rings is 1. The molecule has 0 aromatic carbocycles. The molecule has 0 saturated heterocycles. The molecule has 68 valence electrons. The Kier molecular flexibility index (Phi) is 4.88. The summed E-state index contributed by atoms with van der Waals surface area (Å²) in [5, 5.41) is 2.09. The SMILES string of the molecule is COC(C)OC[Se]c1cccs1. The zero-order valence-electron chi connectivity index (χ0n) is 7.15. The van der Waals surface area contributed by atoms with Gasteiger partial charge in [0.15, 0.2) is 0 Å². The summed E-state index contributed by atoms with van der Waals surface area (Å²) in [6.07, 6.45) is -0.0770. The monoisotopic (exact) mass is 252 g/mol. The number of hydrogen-bond donors (Lipinski definition) is 0. The Hall–Kier alpha value is 0.139. The maximum absolute atomic E-state index is 5.38. The molecule has 4 heteroatoms. The number of methoxy groups -OCH3 is 1. The molecule has 0 N–H and O–H groups in total. The summed E-state index contributed by atoms with van der Waals surface area (Å²) < 4.78 is 11.8. The van der Waals surface area contributed by atoms with Crippen molar-refractivity contribution < 1.29 is 9.47 Å². The van der Waals surface area contributed by atoms with Crippen LogP contribution in [0.4, 0.5) is 0 Å². The van der Waals surface area contributed by atoms with Gasteiger partial charge in [0, 0.05) is 0 Å². The summed E-state index contributed by atoms with van der Waals surface area (Å²) in [4.78, 5) is 0. The molecule has 0 aliphatic heterocycles. The molecule has 0 bridgehead atoms. The molecule has 0 radical (unpaired) electrons. The van der Waals surface area contributed by atoms with Crippen molar-refractivity contribution in [3.63, 3.8) is 0 Å². The summed E-state index contributed by atoms with van der Waals surface area (Å²) in [6.45, 7) is 1.91. The van der Waals surface area contributed by atoms with Crippen molar-refractivity contribution in [3.8, 4) is 0 Å². The van der Waals surface area contributed by atoms with Gasteiger partial charge in [0.1, 0.15) is 0 Å². The van der Waals surface area contributed by atoms with E-state index in [2.05, 4.69) is 17.5 Å². The van der Waals surface area contributed by atoms with Crippen LogP contribution in [0.3, 0.4) is 0 Å². The molecule has 2 nitrogen and oxygen atoms in total. The van der Waals surface area contributed by atoms with Crippen molar-refractivity contribution in [1.29, 1.82) is 0 Å². The normalized spacial score (nSPS) is 13.2. The van der Waals surface area contributed by atoms with Gasteiger partial charge in [-0.2, -0.15) is 0 Å². The van der Waals surface area contributed by atoms with Crippen LogP contribution < -0.4 is 3.78 Å². The number of rotatable bonds is 5. The van der Waals surface area contributed by atoms with Gasteiger partial charge < -0.3 is 0 Å². The van der Waals surface area contributed by atoms with Gasteiger partial charge in [-0.25, -0.2) is 0 Å². The van der Waals surface area contributed by atoms with Crippen LogP contribution in [0.5, 0.6) is 0 Å². The minimum absolute atomic E-state index is 0.0770. The Bertz CT molecular complexity index is 201. The van der Waals surface area contributed by atoms with E-state index in [1.807, 2.05) is 6.92 Å². The summed E-state index contributed by atoms with van der Waals surface area (Å²) in [6, 6.07) is 4.22. The first-order chi connectivity index (χ1) is 5.83. The molecule has 0 saturated carbocycles. The molecule has 0 spiro atoms. The molecule has 0 amide bonds. The molecule has 1 aromatic heterocycles. The van der Waals surface area contributed by atoms with E-state index in [1.54, 1.807) is 18.4 Å². The third-order valence-corrected chi connectivity index (χ3v) is 4.63. The van der Waals surface area contributed by atoms with E-state index in [0.717, 1.165) is 5.51 Å². The molecule has 12 heavy (non-hydrogen) atoms. The van der Waals surface area contributed by atoms with Gasteiger partial charge in [-0.05, 0) is 0 Å². The van der Waals surface area contributed by atoms with Crippen molar-refractivity contribution in [1.82, 2.24) is 0 Å². The zero-order valence-corrected chi connectivity index (χ0v) is 9.68. The Labute approximate surface area is 83.0 Å². The van der Waals surface area contributed by atoms with Crippen LogP contribution in [0.2, 0.25) is 0 Å². The first-order valence-electron chi connectivity index (χ1n) is 3.63. The molecule has 1 rings (SSSR count). The molecule has 1 aromatic rings. The van der Waals surface area contributed by atoms with E-state index in [9.17, 15) is 0 Å². The van der Waals surface area contributed by atoms with Crippen molar-refractivity contribution in [2.45, 2.75) is 13.2 Å². The van der Waals surface area contributed by atoms with Gasteiger partial charge in [-0.15, -0.1) is 0 Å². The van der Waals surface area contributed by atoms with Gasteiger partial charge in [0.2, 0.25) is 0 Å². The van der Waals surface area contributed by atoms with Crippen LogP contribution >= 0.6 is 11.3 Å². The molecular formula is C8H12O2SSe. The van der Waals surface area contributed by atoms with E-state index >= 15 is 0 Å².